The van der Waals surface area contributed by atoms with Crippen LogP contribution in [0.2, 0.25) is 0 Å². The van der Waals surface area contributed by atoms with Gasteiger partial charge in [-0.2, -0.15) is 8.78 Å². The van der Waals surface area contributed by atoms with Gasteiger partial charge in [0.05, 0.1) is 5.56 Å². The van der Waals surface area contributed by atoms with Crippen LogP contribution in [0, 0.1) is 0 Å². The average molecular weight is 423 g/mol. The van der Waals surface area contributed by atoms with Crippen molar-refractivity contribution in [1.29, 1.82) is 0 Å². The van der Waals surface area contributed by atoms with Crippen LogP contribution < -0.4 is 10.1 Å². The molecule has 9 heteroatoms. The maximum absolute atomic E-state index is 12.5. The van der Waals surface area contributed by atoms with Gasteiger partial charge in [0.25, 0.3) is 5.91 Å². The van der Waals surface area contributed by atoms with Gasteiger partial charge < -0.3 is 10.1 Å². The van der Waals surface area contributed by atoms with Crippen molar-refractivity contribution in [3.05, 3.63) is 70.8 Å². The van der Waals surface area contributed by atoms with Gasteiger partial charge in [0.2, 0.25) is 0 Å². The number of nitrogens with zero attached hydrogens (tertiary/aromatic N) is 3. The number of hydrogen-bond donors (Lipinski definition) is 1. The van der Waals surface area contributed by atoms with Crippen LogP contribution in [0.5, 0.6) is 5.75 Å². The second-order valence-electron chi connectivity index (χ2n) is 5.19. The molecule has 0 saturated carbocycles. The SMILES string of the molecule is O=C(NCc1cc(Br)ccc1OC(F)F)c1ccc(-n2ccnc2)nc1. The lowest BCUT2D eigenvalue weighted by Crippen LogP contribution is -2.23. The van der Waals surface area contributed by atoms with Crippen LogP contribution in [0.4, 0.5) is 8.78 Å². The summed E-state index contributed by atoms with van der Waals surface area (Å²) in [7, 11) is 0. The zero-order valence-electron chi connectivity index (χ0n) is 13.3. The molecule has 134 valence electrons. The Morgan fingerprint density at radius 2 is 2.15 bits per heavy atom. The van der Waals surface area contributed by atoms with E-state index in [9.17, 15) is 13.6 Å². The van der Waals surface area contributed by atoms with Gasteiger partial charge in [0, 0.05) is 35.2 Å². The van der Waals surface area contributed by atoms with E-state index >= 15 is 0 Å². The van der Waals surface area contributed by atoms with Gasteiger partial charge in [0.1, 0.15) is 17.9 Å². The Labute approximate surface area is 156 Å². The fourth-order valence-corrected chi connectivity index (χ4v) is 2.65. The molecule has 2 aromatic heterocycles. The normalized spacial score (nSPS) is 10.8. The molecular weight excluding hydrogens is 410 g/mol. The number of pyridine rings is 1. The van der Waals surface area contributed by atoms with Crippen molar-refractivity contribution in [2.45, 2.75) is 13.2 Å². The molecule has 0 atom stereocenters. The van der Waals surface area contributed by atoms with E-state index in [1.807, 2.05) is 0 Å². The molecule has 1 amide bonds. The van der Waals surface area contributed by atoms with E-state index in [0.29, 0.717) is 21.4 Å². The molecule has 0 spiro atoms. The summed E-state index contributed by atoms with van der Waals surface area (Å²) in [6, 6.07) is 7.91. The molecule has 3 aromatic rings. The van der Waals surface area contributed by atoms with Gasteiger partial charge in [0.15, 0.2) is 0 Å². The van der Waals surface area contributed by atoms with Gasteiger partial charge in [-0.25, -0.2) is 9.97 Å². The van der Waals surface area contributed by atoms with Gasteiger partial charge in [-0.3, -0.25) is 9.36 Å². The van der Waals surface area contributed by atoms with E-state index in [1.165, 1.54) is 12.3 Å². The molecule has 0 unspecified atom stereocenters. The molecule has 0 bridgehead atoms. The Morgan fingerprint density at radius 1 is 1.31 bits per heavy atom. The minimum atomic E-state index is -2.94. The van der Waals surface area contributed by atoms with Crippen LogP contribution in [-0.2, 0) is 6.54 Å². The number of alkyl halides is 2. The first-order valence-corrected chi connectivity index (χ1v) is 8.28. The molecule has 0 aliphatic rings. The Kier molecular flexibility index (Phi) is 5.57. The van der Waals surface area contributed by atoms with Crippen molar-refractivity contribution in [2.75, 3.05) is 0 Å². The molecule has 0 radical (unpaired) electrons. The predicted octanol–water partition coefficient (Wildman–Crippen LogP) is 3.56. The van der Waals surface area contributed by atoms with Crippen molar-refractivity contribution in [3.63, 3.8) is 0 Å². The Morgan fingerprint density at radius 3 is 2.81 bits per heavy atom. The highest BCUT2D eigenvalue weighted by Gasteiger charge is 2.12. The summed E-state index contributed by atoms with van der Waals surface area (Å²) in [5.74, 6) is 0.258. The molecule has 0 aliphatic heterocycles. The lowest BCUT2D eigenvalue weighted by Gasteiger charge is -2.12. The van der Waals surface area contributed by atoms with Gasteiger partial charge in [-0.1, -0.05) is 15.9 Å². The van der Waals surface area contributed by atoms with Crippen LogP contribution in [0.15, 0.2) is 59.7 Å². The number of carbonyl (C=O) groups excluding carboxylic acids is 1. The summed E-state index contributed by atoms with van der Waals surface area (Å²) in [6.07, 6.45) is 6.39. The first-order chi connectivity index (χ1) is 12.5. The molecule has 0 saturated heterocycles. The van der Waals surface area contributed by atoms with Crippen molar-refractivity contribution >= 4 is 21.8 Å². The minimum Gasteiger partial charge on any atom is -0.434 e. The van der Waals surface area contributed by atoms with Gasteiger partial charge >= 0.3 is 6.61 Å². The van der Waals surface area contributed by atoms with E-state index in [0.717, 1.165) is 0 Å². The predicted molar refractivity (Wildman–Crippen MR) is 93.3 cm³/mol. The number of rotatable bonds is 6. The average Bonchev–Trinajstić information content (AvgIpc) is 3.16. The summed E-state index contributed by atoms with van der Waals surface area (Å²) in [5.41, 5.74) is 0.774. The van der Waals surface area contributed by atoms with Crippen LogP contribution in [0.3, 0.4) is 0 Å². The number of imidazole rings is 1. The largest absolute Gasteiger partial charge is 0.434 e. The summed E-state index contributed by atoms with van der Waals surface area (Å²) in [4.78, 5) is 20.4. The smallest absolute Gasteiger partial charge is 0.387 e. The maximum Gasteiger partial charge on any atom is 0.387 e. The molecule has 2 heterocycles. The van der Waals surface area contributed by atoms with E-state index in [1.54, 1.807) is 47.6 Å². The van der Waals surface area contributed by atoms with Crippen molar-refractivity contribution in [2.24, 2.45) is 0 Å². The standard InChI is InChI=1S/C17H13BrF2N4O2/c18-13-2-3-14(26-17(19)20)12(7-13)9-23-16(25)11-1-4-15(22-8-11)24-6-5-21-10-24/h1-8,10,17H,9H2,(H,23,25). The first kappa shape index (κ1) is 18.0. The summed E-state index contributed by atoms with van der Waals surface area (Å²) < 4.78 is 31.8. The third kappa shape index (κ3) is 4.42. The molecule has 6 nitrogen and oxygen atoms in total. The molecule has 0 aliphatic carbocycles. The van der Waals surface area contributed by atoms with Crippen LogP contribution in [0.25, 0.3) is 5.82 Å². The summed E-state index contributed by atoms with van der Waals surface area (Å²) in [6.45, 7) is -2.91. The topological polar surface area (TPSA) is 69.0 Å². The zero-order chi connectivity index (χ0) is 18.5. The first-order valence-electron chi connectivity index (χ1n) is 7.49. The zero-order valence-corrected chi connectivity index (χ0v) is 14.9. The second-order valence-corrected chi connectivity index (χ2v) is 6.10. The Bertz CT molecular complexity index is 886. The summed E-state index contributed by atoms with van der Waals surface area (Å²) >= 11 is 3.27. The third-order valence-electron chi connectivity index (χ3n) is 3.46. The van der Waals surface area contributed by atoms with Crippen LogP contribution >= 0.6 is 15.9 Å². The fourth-order valence-electron chi connectivity index (χ4n) is 2.24. The molecular formula is C17H13BrF2N4O2. The lowest BCUT2D eigenvalue weighted by molar-refractivity contribution is -0.0504. The molecule has 3 rings (SSSR count). The number of hydrogen-bond acceptors (Lipinski definition) is 4. The Balaban J connectivity index is 1.68. The van der Waals surface area contributed by atoms with E-state index < -0.39 is 6.61 Å². The van der Waals surface area contributed by atoms with Crippen molar-refractivity contribution in [3.8, 4) is 11.6 Å². The van der Waals surface area contributed by atoms with E-state index in [2.05, 4.69) is 36.0 Å². The molecule has 26 heavy (non-hydrogen) atoms. The number of halogens is 3. The molecule has 1 aromatic carbocycles. The lowest BCUT2D eigenvalue weighted by atomic mass is 10.2. The fraction of sp³-hybridized carbons (Fsp3) is 0.118. The van der Waals surface area contributed by atoms with E-state index in [4.69, 9.17) is 0 Å². The van der Waals surface area contributed by atoms with E-state index in [-0.39, 0.29) is 18.2 Å². The second kappa shape index (κ2) is 8.05. The number of carbonyl (C=O) groups is 1. The van der Waals surface area contributed by atoms with Gasteiger partial charge in [-0.15, -0.1) is 0 Å². The number of benzene rings is 1. The number of amides is 1. The minimum absolute atomic E-state index is 0.0112. The highest BCUT2D eigenvalue weighted by atomic mass is 79.9. The van der Waals surface area contributed by atoms with Crippen molar-refractivity contribution in [1.82, 2.24) is 19.9 Å². The quantitative estimate of drug-likeness (QED) is 0.659. The third-order valence-corrected chi connectivity index (χ3v) is 3.95. The number of aromatic nitrogens is 3. The molecule has 0 fully saturated rings. The maximum atomic E-state index is 12.5. The van der Waals surface area contributed by atoms with Crippen molar-refractivity contribution < 1.29 is 18.3 Å². The number of ether oxygens (including phenoxy) is 1. The van der Waals surface area contributed by atoms with Crippen LogP contribution in [0.1, 0.15) is 15.9 Å². The highest BCUT2D eigenvalue weighted by Crippen LogP contribution is 2.24. The van der Waals surface area contributed by atoms with Crippen LogP contribution in [-0.4, -0.2) is 27.1 Å². The molecule has 1 N–H and O–H groups in total. The summed E-state index contributed by atoms with van der Waals surface area (Å²) in [5, 5.41) is 2.67. The Hall–Kier alpha value is -2.81. The monoisotopic (exact) mass is 422 g/mol. The highest BCUT2D eigenvalue weighted by molar-refractivity contribution is 9.10. The van der Waals surface area contributed by atoms with Gasteiger partial charge in [-0.05, 0) is 30.3 Å². The number of nitrogens with one attached hydrogen (secondary N) is 1.